The molecular formula is C57H92O6. The molecule has 0 saturated carbocycles. The maximum atomic E-state index is 12.7. The number of carbonyl (C=O) groups excluding carboxylic acids is 3. The molecule has 0 aliphatic heterocycles. The third-order valence-electron chi connectivity index (χ3n) is 10.3. The molecule has 0 bridgehead atoms. The van der Waals surface area contributed by atoms with E-state index in [1.807, 2.05) is 12.2 Å². The molecule has 1 unspecified atom stereocenters. The molecule has 356 valence electrons. The summed E-state index contributed by atoms with van der Waals surface area (Å²) in [5.41, 5.74) is 0. The van der Waals surface area contributed by atoms with Crippen LogP contribution in [0.3, 0.4) is 0 Å². The SMILES string of the molecule is CC/C=C\C/C=C\C/C=C\C/C=C\CCCCCCCCC(=O)OCC(COC(=O)CCCCCCC/C=C\CCCCCC)OC(=O)CC/C=C\C/C=C\C/C=C\C/C=C\CC. The van der Waals surface area contributed by atoms with E-state index in [9.17, 15) is 14.4 Å². The molecule has 0 fully saturated rings. The second-order valence-corrected chi connectivity index (χ2v) is 16.3. The van der Waals surface area contributed by atoms with E-state index >= 15 is 0 Å². The van der Waals surface area contributed by atoms with Gasteiger partial charge in [-0.05, 0) is 109 Å². The Morgan fingerprint density at radius 2 is 0.651 bits per heavy atom. The van der Waals surface area contributed by atoms with Crippen molar-refractivity contribution in [3.8, 4) is 0 Å². The average molecular weight is 873 g/mol. The van der Waals surface area contributed by atoms with Crippen LogP contribution in [0.15, 0.2) is 109 Å². The Morgan fingerprint density at radius 1 is 0.333 bits per heavy atom. The van der Waals surface area contributed by atoms with Crippen LogP contribution < -0.4 is 0 Å². The Labute approximate surface area is 387 Å². The van der Waals surface area contributed by atoms with Crippen molar-refractivity contribution in [2.24, 2.45) is 0 Å². The molecule has 0 amide bonds. The standard InChI is InChI=1S/C57H92O6/c1-4-7-10-13-16-19-22-25-26-27-28-29-30-33-35-38-41-44-47-50-56(59)62-53-54(63-57(60)51-48-45-42-39-36-32-24-21-18-15-12-9-6-3)52-61-55(58)49-46-43-40-37-34-31-23-20-17-14-11-8-5-2/h7,9-10,12,16,18-21,23,25-26,28-29,32,36,42,45,54H,4-6,8,11,13-15,17,22,24,27,30-31,33-35,37-41,43-44,46-53H2,1-3H3/b10-7-,12-9-,19-16-,21-18-,23-20-,26-25-,29-28-,36-32-,45-42-. The molecule has 0 aliphatic carbocycles. The summed E-state index contributed by atoms with van der Waals surface area (Å²) in [7, 11) is 0. The molecule has 0 aliphatic rings. The van der Waals surface area contributed by atoms with Crippen molar-refractivity contribution in [2.75, 3.05) is 13.2 Å². The summed E-state index contributed by atoms with van der Waals surface area (Å²) in [6, 6.07) is 0. The minimum absolute atomic E-state index is 0.118. The highest BCUT2D eigenvalue weighted by Crippen LogP contribution is 2.12. The van der Waals surface area contributed by atoms with Gasteiger partial charge in [0.1, 0.15) is 13.2 Å². The normalized spacial score (nSPS) is 13.0. The Morgan fingerprint density at radius 3 is 1.05 bits per heavy atom. The number of ether oxygens (including phenoxy) is 3. The van der Waals surface area contributed by atoms with E-state index in [1.54, 1.807) is 0 Å². The van der Waals surface area contributed by atoms with Gasteiger partial charge in [0.2, 0.25) is 0 Å². The zero-order valence-corrected chi connectivity index (χ0v) is 40.5. The number of carbonyl (C=O) groups is 3. The van der Waals surface area contributed by atoms with Crippen LogP contribution in [-0.4, -0.2) is 37.2 Å². The van der Waals surface area contributed by atoms with E-state index in [-0.39, 0.29) is 31.6 Å². The molecule has 6 nitrogen and oxygen atoms in total. The van der Waals surface area contributed by atoms with Crippen molar-refractivity contribution >= 4 is 17.9 Å². The van der Waals surface area contributed by atoms with E-state index < -0.39 is 12.1 Å². The van der Waals surface area contributed by atoms with Gasteiger partial charge in [0.25, 0.3) is 0 Å². The van der Waals surface area contributed by atoms with Crippen molar-refractivity contribution in [3.63, 3.8) is 0 Å². The maximum Gasteiger partial charge on any atom is 0.306 e. The van der Waals surface area contributed by atoms with Crippen LogP contribution in [-0.2, 0) is 28.6 Å². The summed E-state index contributed by atoms with van der Waals surface area (Å²) in [6.45, 7) is 6.29. The summed E-state index contributed by atoms with van der Waals surface area (Å²) in [5, 5.41) is 0. The Balaban J connectivity index is 4.49. The van der Waals surface area contributed by atoms with Crippen molar-refractivity contribution in [3.05, 3.63) is 109 Å². The fourth-order valence-corrected chi connectivity index (χ4v) is 6.50. The first kappa shape index (κ1) is 59.1. The first-order valence-electron chi connectivity index (χ1n) is 25.4. The summed E-state index contributed by atoms with van der Waals surface area (Å²) in [6.07, 6.45) is 68.0. The number of hydrogen-bond acceptors (Lipinski definition) is 6. The smallest absolute Gasteiger partial charge is 0.306 e. The lowest BCUT2D eigenvalue weighted by Gasteiger charge is -2.18. The van der Waals surface area contributed by atoms with Gasteiger partial charge in [-0.3, -0.25) is 14.4 Å². The van der Waals surface area contributed by atoms with Crippen LogP contribution in [0, 0.1) is 0 Å². The van der Waals surface area contributed by atoms with E-state index in [2.05, 4.69) is 118 Å². The van der Waals surface area contributed by atoms with Gasteiger partial charge in [0.15, 0.2) is 6.10 Å². The van der Waals surface area contributed by atoms with Crippen LogP contribution in [0.25, 0.3) is 0 Å². The van der Waals surface area contributed by atoms with Gasteiger partial charge in [0, 0.05) is 19.3 Å². The number of unbranched alkanes of at least 4 members (excludes halogenated alkanes) is 15. The molecule has 6 heteroatoms. The Bertz CT molecular complexity index is 1330. The number of esters is 3. The molecule has 0 aromatic rings. The molecule has 0 radical (unpaired) electrons. The molecule has 0 saturated heterocycles. The lowest BCUT2D eigenvalue weighted by Crippen LogP contribution is -2.30. The van der Waals surface area contributed by atoms with Gasteiger partial charge in [0.05, 0.1) is 0 Å². The van der Waals surface area contributed by atoms with E-state index in [1.165, 1.54) is 51.4 Å². The highest BCUT2D eigenvalue weighted by atomic mass is 16.6. The largest absolute Gasteiger partial charge is 0.462 e. The van der Waals surface area contributed by atoms with E-state index in [4.69, 9.17) is 14.2 Å². The monoisotopic (exact) mass is 873 g/mol. The summed E-state index contributed by atoms with van der Waals surface area (Å²) in [5.74, 6) is -1.03. The minimum atomic E-state index is -0.826. The van der Waals surface area contributed by atoms with Crippen molar-refractivity contribution in [2.45, 2.75) is 219 Å². The predicted octanol–water partition coefficient (Wildman–Crippen LogP) is 16.8. The fourth-order valence-electron chi connectivity index (χ4n) is 6.50. The Hall–Kier alpha value is -3.93. The molecule has 0 aromatic carbocycles. The van der Waals surface area contributed by atoms with Crippen LogP contribution in [0.2, 0.25) is 0 Å². The lowest BCUT2D eigenvalue weighted by atomic mass is 10.1. The summed E-state index contributed by atoms with van der Waals surface area (Å²) < 4.78 is 16.7. The summed E-state index contributed by atoms with van der Waals surface area (Å²) >= 11 is 0. The van der Waals surface area contributed by atoms with Gasteiger partial charge >= 0.3 is 17.9 Å². The quantitative estimate of drug-likeness (QED) is 0.0263. The highest BCUT2D eigenvalue weighted by molar-refractivity contribution is 5.71. The number of allylic oxidation sites excluding steroid dienone is 18. The third kappa shape index (κ3) is 49.0. The minimum Gasteiger partial charge on any atom is -0.462 e. The first-order valence-corrected chi connectivity index (χ1v) is 25.4. The molecule has 1 atom stereocenters. The van der Waals surface area contributed by atoms with E-state index in [0.717, 1.165) is 116 Å². The van der Waals surface area contributed by atoms with Crippen molar-refractivity contribution in [1.29, 1.82) is 0 Å². The predicted molar refractivity (Wildman–Crippen MR) is 270 cm³/mol. The van der Waals surface area contributed by atoms with Gasteiger partial charge in [-0.2, -0.15) is 0 Å². The molecule has 0 N–H and O–H groups in total. The molecule has 0 rings (SSSR count). The molecule has 0 spiro atoms. The third-order valence-corrected chi connectivity index (χ3v) is 10.3. The lowest BCUT2D eigenvalue weighted by molar-refractivity contribution is -0.166. The van der Waals surface area contributed by atoms with Gasteiger partial charge in [-0.25, -0.2) is 0 Å². The summed E-state index contributed by atoms with van der Waals surface area (Å²) in [4.78, 5) is 37.9. The fraction of sp³-hybridized carbons (Fsp3) is 0.632. The second-order valence-electron chi connectivity index (χ2n) is 16.3. The van der Waals surface area contributed by atoms with Crippen molar-refractivity contribution in [1.82, 2.24) is 0 Å². The maximum absolute atomic E-state index is 12.7. The molecule has 63 heavy (non-hydrogen) atoms. The highest BCUT2D eigenvalue weighted by Gasteiger charge is 2.19. The average Bonchev–Trinajstić information content (AvgIpc) is 3.28. The van der Waals surface area contributed by atoms with E-state index in [0.29, 0.717) is 19.3 Å². The zero-order valence-electron chi connectivity index (χ0n) is 40.5. The number of rotatable bonds is 44. The first-order chi connectivity index (χ1) is 31.0. The van der Waals surface area contributed by atoms with Gasteiger partial charge < -0.3 is 14.2 Å². The molecular weight excluding hydrogens is 781 g/mol. The van der Waals surface area contributed by atoms with Gasteiger partial charge in [-0.15, -0.1) is 0 Å². The number of hydrogen-bond donors (Lipinski definition) is 0. The van der Waals surface area contributed by atoms with Crippen LogP contribution in [0.1, 0.15) is 213 Å². The van der Waals surface area contributed by atoms with Crippen LogP contribution in [0.5, 0.6) is 0 Å². The molecule has 0 heterocycles. The van der Waals surface area contributed by atoms with Crippen molar-refractivity contribution < 1.29 is 28.6 Å². The van der Waals surface area contributed by atoms with Gasteiger partial charge in [-0.1, -0.05) is 194 Å². The Kier molecular flexibility index (Phi) is 47.5. The topological polar surface area (TPSA) is 78.9 Å². The van der Waals surface area contributed by atoms with Crippen LogP contribution in [0.4, 0.5) is 0 Å². The molecule has 0 aromatic heterocycles. The second kappa shape index (κ2) is 50.7. The van der Waals surface area contributed by atoms with Crippen LogP contribution >= 0.6 is 0 Å². The zero-order chi connectivity index (χ0) is 45.8.